The Morgan fingerprint density at radius 1 is 1.11 bits per heavy atom. The van der Waals surface area contributed by atoms with Crippen LogP contribution < -0.4 is 4.72 Å². The van der Waals surface area contributed by atoms with E-state index in [1.807, 2.05) is 0 Å². The van der Waals surface area contributed by atoms with E-state index < -0.39 is 32.7 Å². The highest BCUT2D eigenvalue weighted by atomic mass is 32.2. The fourth-order valence-corrected chi connectivity index (χ4v) is 3.28. The third-order valence-electron chi connectivity index (χ3n) is 3.77. The number of nitrogens with one attached hydrogen (secondary N) is 1. The minimum Gasteiger partial charge on any atom is -0.481 e. The van der Waals surface area contributed by atoms with Gasteiger partial charge in [-0.1, -0.05) is 29.8 Å². The summed E-state index contributed by atoms with van der Waals surface area (Å²) in [6.45, 7) is 1.76. The minimum atomic E-state index is -4.22. The molecule has 0 bridgehead atoms. The van der Waals surface area contributed by atoms with Crippen LogP contribution in [0.5, 0.6) is 0 Å². The number of nitrogens with zero attached hydrogens (tertiary/aromatic N) is 1. The molecule has 2 rings (SSSR count). The zero-order valence-corrected chi connectivity index (χ0v) is 15.0. The SMILES string of the molecule is Cc1ccc(S(=O)(=O)NC(=O)C(Cc2ccc([N+](=O)[O-])cc2)C(=O)O)cc1. The van der Waals surface area contributed by atoms with Crippen molar-refractivity contribution in [2.45, 2.75) is 18.2 Å². The number of aryl methyl sites for hydroxylation is 1. The lowest BCUT2D eigenvalue weighted by Gasteiger charge is -2.13. The number of nitro benzene ring substituents is 1. The Labute approximate surface area is 154 Å². The number of hydrogen-bond acceptors (Lipinski definition) is 6. The van der Waals surface area contributed by atoms with Crippen molar-refractivity contribution in [1.82, 2.24) is 4.72 Å². The molecule has 0 saturated heterocycles. The summed E-state index contributed by atoms with van der Waals surface area (Å²) in [7, 11) is -4.22. The maximum absolute atomic E-state index is 12.3. The van der Waals surface area contributed by atoms with Gasteiger partial charge in [0.2, 0.25) is 5.91 Å². The molecule has 2 aromatic carbocycles. The molecule has 0 aliphatic rings. The third-order valence-corrected chi connectivity index (χ3v) is 5.13. The average molecular weight is 392 g/mol. The van der Waals surface area contributed by atoms with E-state index in [4.69, 9.17) is 0 Å². The first kappa shape index (κ1) is 20.0. The molecule has 0 aliphatic heterocycles. The molecule has 27 heavy (non-hydrogen) atoms. The topological polar surface area (TPSA) is 144 Å². The molecule has 9 nitrogen and oxygen atoms in total. The van der Waals surface area contributed by atoms with E-state index in [9.17, 15) is 33.2 Å². The van der Waals surface area contributed by atoms with E-state index in [0.717, 1.165) is 5.56 Å². The highest BCUT2D eigenvalue weighted by Gasteiger charge is 2.30. The molecule has 0 aliphatic carbocycles. The molecular formula is C17H16N2O7S. The predicted molar refractivity (Wildman–Crippen MR) is 94.4 cm³/mol. The lowest BCUT2D eigenvalue weighted by Crippen LogP contribution is -2.40. The van der Waals surface area contributed by atoms with Gasteiger partial charge in [-0.3, -0.25) is 19.7 Å². The van der Waals surface area contributed by atoms with Crippen molar-refractivity contribution in [3.8, 4) is 0 Å². The molecule has 1 amide bonds. The van der Waals surface area contributed by atoms with Crippen LogP contribution >= 0.6 is 0 Å². The van der Waals surface area contributed by atoms with E-state index in [-0.39, 0.29) is 17.0 Å². The number of hydrogen-bond donors (Lipinski definition) is 2. The number of non-ortho nitro benzene ring substituents is 1. The highest BCUT2D eigenvalue weighted by Crippen LogP contribution is 2.17. The molecule has 0 heterocycles. The van der Waals surface area contributed by atoms with Crippen molar-refractivity contribution >= 4 is 27.6 Å². The van der Waals surface area contributed by atoms with Gasteiger partial charge in [0.1, 0.15) is 5.92 Å². The molecule has 142 valence electrons. The van der Waals surface area contributed by atoms with Gasteiger partial charge in [0.25, 0.3) is 15.7 Å². The standard InChI is InChI=1S/C17H16N2O7S/c1-11-2-8-14(9-3-11)27(25,26)18-16(20)15(17(21)22)10-12-4-6-13(7-5-12)19(23)24/h2-9,15H,10H2,1H3,(H,18,20)(H,21,22). The molecule has 0 fully saturated rings. The molecule has 1 atom stereocenters. The monoisotopic (exact) mass is 392 g/mol. The Bertz CT molecular complexity index is 967. The summed E-state index contributed by atoms with van der Waals surface area (Å²) in [5.74, 6) is -4.38. The normalized spacial score (nSPS) is 12.2. The second-order valence-corrected chi connectivity index (χ2v) is 7.48. The van der Waals surface area contributed by atoms with Crippen molar-refractivity contribution < 1.29 is 28.0 Å². The number of nitro groups is 1. The van der Waals surface area contributed by atoms with Gasteiger partial charge in [-0.15, -0.1) is 0 Å². The smallest absolute Gasteiger partial charge is 0.316 e. The number of carboxylic acids is 1. The van der Waals surface area contributed by atoms with Crippen LogP contribution in [0.15, 0.2) is 53.4 Å². The van der Waals surface area contributed by atoms with Crippen LogP contribution in [0.2, 0.25) is 0 Å². The van der Waals surface area contributed by atoms with Gasteiger partial charge in [0.15, 0.2) is 0 Å². The van der Waals surface area contributed by atoms with Crippen LogP contribution in [0, 0.1) is 23.0 Å². The van der Waals surface area contributed by atoms with Crippen LogP contribution in [0.3, 0.4) is 0 Å². The molecule has 2 N–H and O–H groups in total. The van der Waals surface area contributed by atoms with Gasteiger partial charge >= 0.3 is 5.97 Å². The molecule has 10 heteroatoms. The van der Waals surface area contributed by atoms with Crippen molar-refractivity contribution in [3.05, 3.63) is 69.8 Å². The predicted octanol–water partition coefficient (Wildman–Crippen LogP) is 1.65. The zero-order chi connectivity index (χ0) is 20.2. The Kier molecular flexibility index (Phi) is 5.91. The summed E-state index contributed by atoms with van der Waals surface area (Å²) in [6, 6.07) is 10.7. The van der Waals surface area contributed by atoms with E-state index >= 15 is 0 Å². The fourth-order valence-electron chi connectivity index (χ4n) is 2.26. The molecule has 0 radical (unpaired) electrons. The largest absolute Gasteiger partial charge is 0.481 e. The Hall–Kier alpha value is -3.27. The summed E-state index contributed by atoms with van der Waals surface area (Å²) >= 11 is 0. The van der Waals surface area contributed by atoms with Gasteiger partial charge in [-0.2, -0.15) is 0 Å². The van der Waals surface area contributed by atoms with Crippen molar-refractivity contribution in [2.75, 3.05) is 0 Å². The van der Waals surface area contributed by atoms with E-state index in [1.165, 1.54) is 36.4 Å². The molecule has 0 spiro atoms. The second-order valence-electron chi connectivity index (χ2n) is 5.80. The van der Waals surface area contributed by atoms with E-state index in [1.54, 1.807) is 23.8 Å². The van der Waals surface area contributed by atoms with Gasteiger partial charge in [-0.05, 0) is 31.0 Å². The number of benzene rings is 2. The lowest BCUT2D eigenvalue weighted by molar-refractivity contribution is -0.384. The van der Waals surface area contributed by atoms with Gasteiger partial charge in [-0.25, -0.2) is 13.1 Å². The Morgan fingerprint density at radius 2 is 1.67 bits per heavy atom. The van der Waals surface area contributed by atoms with Gasteiger partial charge < -0.3 is 5.11 Å². The third kappa shape index (κ3) is 5.11. The number of carbonyl (C=O) groups is 2. The summed E-state index contributed by atoms with van der Waals surface area (Å²) in [5, 5.41) is 19.9. The van der Waals surface area contributed by atoms with Crippen LogP contribution in [-0.2, 0) is 26.0 Å². The summed E-state index contributed by atoms with van der Waals surface area (Å²) in [5.41, 5.74) is 0.981. The molecule has 0 aromatic heterocycles. The second kappa shape index (κ2) is 7.96. The highest BCUT2D eigenvalue weighted by molar-refractivity contribution is 7.90. The van der Waals surface area contributed by atoms with E-state index in [0.29, 0.717) is 5.56 Å². The first-order valence-electron chi connectivity index (χ1n) is 7.69. The molecule has 1 unspecified atom stereocenters. The minimum absolute atomic E-state index is 0.166. The Morgan fingerprint density at radius 3 is 2.15 bits per heavy atom. The zero-order valence-electron chi connectivity index (χ0n) is 14.2. The van der Waals surface area contributed by atoms with Gasteiger partial charge in [0, 0.05) is 12.1 Å². The van der Waals surface area contributed by atoms with Crippen LogP contribution in [-0.4, -0.2) is 30.3 Å². The average Bonchev–Trinajstić information content (AvgIpc) is 2.59. The first-order chi connectivity index (χ1) is 12.6. The van der Waals surface area contributed by atoms with Crippen LogP contribution in [0.25, 0.3) is 0 Å². The molecule has 2 aromatic rings. The van der Waals surface area contributed by atoms with Crippen LogP contribution in [0.4, 0.5) is 5.69 Å². The maximum Gasteiger partial charge on any atom is 0.316 e. The Balaban J connectivity index is 2.18. The summed E-state index contributed by atoms with van der Waals surface area (Å²) < 4.78 is 26.3. The molecular weight excluding hydrogens is 376 g/mol. The lowest BCUT2D eigenvalue weighted by atomic mass is 9.99. The quantitative estimate of drug-likeness (QED) is 0.414. The summed E-state index contributed by atoms with van der Waals surface area (Å²) in [6.07, 6.45) is -0.317. The fraction of sp³-hybridized carbons (Fsp3) is 0.176. The summed E-state index contributed by atoms with van der Waals surface area (Å²) in [4.78, 5) is 33.5. The number of rotatable bonds is 7. The number of carboxylic acid groups (broad SMARTS) is 1. The van der Waals surface area contributed by atoms with E-state index in [2.05, 4.69) is 0 Å². The first-order valence-corrected chi connectivity index (χ1v) is 9.18. The number of carbonyl (C=O) groups excluding carboxylic acids is 1. The van der Waals surface area contributed by atoms with Crippen LogP contribution in [0.1, 0.15) is 11.1 Å². The molecule has 0 saturated carbocycles. The number of sulfonamides is 1. The van der Waals surface area contributed by atoms with Crippen molar-refractivity contribution in [1.29, 1.82) is 0 Å². The van der Waals surface area contributed by atoms with Gasteiger partial charge in [0.05, 0.1) is 9.82 Å². The maximum atomic E-state index is 12.3. The number of aliphatic carboxylic acids is 1. The van der Waals surface area contributed by atoms with Crippen molar-refractivity contribution in [3.63, 3.8) is 0 Å². The van der Waals surface area contributed by atoms with Crippen molar-refractivity contribution in [2.24, 2.45) is 5.92 Å². The number of amides is 1.